The summed E-state index contributed by atoms with van der Waals surface area (Å²) in [7, 11) is 3.19. The first-order chi connectivity index (χ1) is 14.7. The molecule has 2 aromatic rings. The molecule has 8 nitrogen and oxygen atoms in total. The van der Waals surface area contributed by atoms with E-state index in [4.69, 9.17) is 28.4 Å². The second-order valence-corrected chi connectivity index (χ2v) is 7.65. The Labute approximate surface area is 173 Å². The summed E-state index contributed by atoms with van der Waals surface area (Å²) in [6, 6.07) is 3.85. The van der Waals surface area contributed by atoms with E-state index >= 15 is 0 Å². The predicted molar refractivity (Wildman–Crippen MR) is 106 cm³/mol. The van der Waals surface area contributed by atoms with E-state index in [0.717, 1.165) is 22.3 Å². The topological polar surface area (TPSA) is 95.8 Å². The minimum absolute atomic E-state index is 0.0432. The quantitative estimate of drug-likeness (QED) is 0.783. The Bertz CT molecular complexity index is 907. The third-order valence-electron chi connectivity index (χ3n) is 6.16. The van der Waals surface area contributed by atoms with Gasteiger partial charge >= 0.3 is 0 Å². The number of methoxy groups -OCH3 is 2. The summed E-state index contributed by atoms with van der Waals surface area (Å²) < 4.78 is 34.3. The minimum Gasteiger partial charge on any atom is -0.492 e. The number of hydrogen-bond donors (Lipinski definition) is 2. The van der Waals surface area contributed by atoms with Gasteiger partial charge in [0.25, 0.3) is 0 Å². The Kier molecular flexibility index (Phi) is 4.75. The normalized spacial score (nSPS) is 20.8. The standard InChI is InChI=1S/C22H24O8/c1-25-21-17-11(5-15-19(21)29-9-27-15)3-13(7-23)14(8-24)4-12-6-16-20(30-10-28-16)22(26-2)18(12)17/h5-6,13-14,23-24H,3-4,7-10H2,1-2H3/t13-,14-/m1/s1. The van der Waals surface area contributed by atoms with Crippen molar-refractivity contribution in [3.8, 4) is 45.6 Å². The van der Waals surface area contributed by atoms with Crippen LogP contribution in [0.4, 0.5) is 0 Å². The van der Waals surface area contributed by atoms with Crippen molar-refractivity contribution in [2.45, 2.75) is 12.8 Å². The fourth-order valence-electron chi connectivity index (χ4n) is 4.71. The second-order valence-electron chi connectivity index (χ2n) is 7.65. The van der Waals surface area contributed by atoms with Crippen LogP contribution in [-0.2, 0) is 12.8 Å². The van der Waals surface area contributed by atoms with Crippen molar-refractivity contribution in [1.29, 1.82) is 0 Å². The van der Waals surface area contributed by atoms with Crippen LogP contribution in [0, 0.1) is 11.8 Å². The van der Waals surface area contributed by atoms with Crippen molar-refractivity contribution in [1.82, 2.24) is 0 Å². The van der Waals surface area contributed by atoms with Crippen molar-refractivity contribution < 1.29 is 38.6 Å². The molecule has 5 rings (SSSR count). The first-order valence-corrected chi connectivity index (χ1v) is 9.91. The lowest BCUT2D eigenvalue weighted by molar-refractivity contribution is 0.119. The average Bonchev–Trinajstić information content (AvgIpc) is 3.41. The van der Waals surface area contributed by atoms with E-state index in [2.05, 4.69) is 0 Å². The maximum atomic E-state index is 10.1. The molecule has 8 heteroatoms. The molecule has 0 radical (unpaired) electrons. The van der Waals surface area contributed by atoms with Gasteiger partial charge in [0.05, 0.1) is 14.2 Å². The highest BCUT2D eigenvalue weighted by molar-refractivity contribution is 5.88. The molecular weight excluding hydrogens is 392 g/mol. The first-order valence-electron chi connectivity index (χ1n) is 9.91. The number of aliphatic hydroxyl groups is 2. The van der Waals surface area contributed by atoms with Crippen LogP contribution in [0.5, 0.6) is 34.5 Å². The summed E-state index contributed by atoms with van der Waals surface area (Å²) in [4.78, 5) is 0. The molecule has 0 amide bonds. The zero-order valence-electron chi connectivity index (χ0n) is 16.9. The molecule has 3 aliphatic rings. The molecule has 0 spiro atoms. The lowest BCUT2D eigenvalue weighted by Crippen LogP contribution is -2.28. The zero-order valence-corrected chi connectivity index (χ0v) is 16.9. The van der Waals surface area contributed by atoms with Crippen LogP contribution < -0.4 is 28.4 Å². The highest BCUT2D eigenvalue weighted by atomic mass is 16.7. The van der Waals surface area contributed by atoms with E-state index in [1.165, 1.54) is 0 Å². The highest BCUT2D eigenvalue weighted by Gasteiger charge is 2.36. The largest absolute Gasteiger partial charge is 0.492 e. The van der Waals surface area contributed by atoms with Gasteiger partial charge in [-0.1, -0.05) is 0 Å². The van der Waals surface area contributed by atoms with Crippen molar-refractivity contribution >= 4 is 0 Å². The molecule has 0 saturated heterocycles. The summed E-state index contributed by atoms with van der Waals surface area (Å²) in [5.74, 6) is 3.12. The van der Waals surface area contributed by atoms with Crippen LogP contribution in [-0.4, -0.2) is 51.2 Å². The smallest absolute Gasteiger partial charge is 0.231 e. The van der Waals surface area contributed by atoms with Crippen LogP contribution in [0.25, 0.3) is 11.1 Å². The molecule has 2 N–H and O–H groups in total. The number of hydrogen-bond acceptors (Lipinski definition) is 8. The van der Waals surface area contributed by atoms with E-state index in [-0.39, 0.29) is 38.6 Å². The first kappa shape index (κ1) is 19.1. The van der Waals surface area contributed by atoms with E-state index < -0.39 is 0 Å². The van der Waals surface area contributed by atoms with Crippen LogP contribution >= 0.6 is 0 Å². The predicted octanol–water partition coefficient (Wildman–Crippen LogP) is 2.14. The van der Waals surface area contributed by atoms with E-state index in [1.807, 2.05) is 12.1 Å². The number of ether oxygens (including phenoxy) is 6. The molecule has 0 unspecified atom stereocenters. The Morgan fingerprint density at radius 2 is 1.20 bits per heavy atom. The Balaban J connectivity index is 1.85. The number of aliphatic hydroxyl groups excluding tert-OH is 2. The lowest BCUT2D eigenvalue weighted by Gasteiger charge is -2.31. The third-order valence-corrected chi connectivity index (χ3v) is 6.16. The Morgan fingerprint density at radius 3 is 1.57 bits per heavy atom. The van der Waals surface area contributed by atoms with Gasteiger partial charge in [-0.3, -0.25) is 0 Å². The maximum absolute atomic E-state index is 10.1. The minimum atomic E-state index is -0.136. The van der Waals surface area contributed by atoms with Crippen LogP contribution in [0.2, 0.25) is 0 Å². The molecule has 2 aliphatic heterocycles. The molecule has 0 fully saturated rings. The molecule has 160 valence electrons. The molecule has 30 heavy (non-hydrogen) atoms. The molecule has 0 saturated carbocycles. The van der Waals surface area contributed by atoms with E-state index in [0.29, 0.717) is 47.3 Å². The number of fused-ring (bicyclic) bond motifs is 5. The summed E-state index contributed by atoms with van der Waals surface area (Å²) in [5, 5.41) is 20.2. The molecule has 0 bridgehead atoms. The van der Waals surface area contributed by atoms with E-state index in [1.54, 1.807) is 14.2 Å². The van der Waals surface area contributed by atoms with Gasteiger partial charge in [-0.25, -0.2) is 0 Å². The van der Waals surface area contributed by atoms with Crippen molar-refractivity contribution in [3.05, 3.63) is 23.3 Å². The molecular formula is C22H24O8. The maximum Gasteiger partial charge on any atom is 0.231 e. The second kappa shape index (κ2) is 7.45. The van der Waals surface area contributed by atoms with Gasteiger partial charge in [-0.2, -0.15) is 0 Å². The Morgan fingerprint density at radius 1 is 0.767 bits per heavy atom. The molecule has 2 heterocycles. The number of rotatable bonds is 4. The third kappa shape index (κ3) is 2.74. The molecule has 1 aliphatic carbocycles. The summed E-state index contributed by atoms with van der Waals surface area (Å²) in [6.07, 6.45) is 1.09. The van der Waals surface area contributed by atoms with E-state index in [9.17, 15) is 10.2 Å². The molecule has 2 atom stereocenters. The van der Waals surface area contributed by atoms with Gasteiger partial charge in [0.2, 0.25) is 25.1 Å². The monoisotopic (exact) mass is 416 g/mol. The van der Waals surface area contributed by atoms with Gasteiger partial charge in [0.15, 0.2) is 23.0 Å². The lowest BCUT2D eigenvalue weighted by atomic mass is 9.76. The number of benzene rings is 2. The van der Waals surface area contributed by atoms with Crippen molar-refractivity contribution in [2.75, 3.05) is 41.0 Å². The van der Waals surface area contributed by atoms with Crippen LogP contribution in [0.15, 0.2) is 12.1 Å². The highest BCUT2D eigenvalue weighted by Crippen LogP contribution is 2.57. The van der Waals surface area contributed by atoms with Crippen molar-refractivity contribution in [2.24, 2.45) is 11.8 Å². The van der Waals surface area contributed by atoms with Crippen molar-refractivity contribution in [3.63, 3.8) is 0 Å². The zero-order chi connectivity index (χ0) is 20.8. The van der Waals surface area contributed by atoms with Crippen LogP contribution in [0.1, 0.15) is 11.1 Å². The van der Waals surface area contributed by atoms with Gasteiger partial charge in [0, 0.05) is 24.3 Å². The molecule has 2 aromatic carbocycles. The average molecular weight is 416 g/mol. The molecule has 0 aromatic heterocycles. The summed E-state index contributed by atoms with van der Waals surface area (Å²) in [6.45, 7) is 0.141. The fourth-order valence-corrected chi connectivity index (χ4v) is 4.71. The Hall–Kier alpha value is -2.84. The van der Waals surface area contributed by atoms with Gasteiger partial charge in [-0.05, 0) is 47.9 Å². The van der Waals surface area contributed by atoms with Crippen LogP contribution in [0.3, 0.4) is 0 Å². The SMILES string of the molecule is COc1c2c(cc3c1-c1c(cc4c(c1OC)OCO4)C[C@H](CO)[C@@H](CO)C3)OCO2. The van der Waals surface area contributed by atoms with Gasteiger partial charge < -0.3 is 38.6 Å². The summed E-state index contributed by atoms with van der Waals surface area (Å²) >= 11 is 0. The fraction of sp³-hybridized carbons (Fsp3) is 0.455. The summed E-state index contributed by atoms with van der Waals surface area (Å²) in [5.41, 5.74) is 3.49. The van der Waals surface area contributed by atoms with Gasteiger partial charge in [-0.15, -0.1) is 0 Å². The van der Waals surface area contributed by atoms with Gasteiger partial charge in [0.1, 0.15) is 0 Å².